The van der Waals surface area contributed by atoms with Gasteiger partial charge in [0.05, 0.1) is 0 Å². The maximum absolute atomic E-state index is 11.1. The third-order valence-corrected chi connectivity index (χ3v) is 7.40. The molecule has 0 aliphatic carbocycles. The number of Topliss-reactive ketones (excluding diaryl/α,β-unsaturated/α-hetero) is 1. The summed E-state index contributed by atoms with van der Waals surface area (Å²) in [6.45, 7) is 1.73. The molecule has 19 heavy (non-hydrogen) atoms. The fourth-order valence-corrected chi connectivity index (χ4v) is 6.51. The molecule has 0 radical (unpaired) electrons. The summed E-state index contributed by atoms with van der Waals surface area (Å²) in [5, 5.41) is 3.40. The van der Waals surface area contributed by atoms with Crippen molar-refractivity contribution in [2.24, 2.45) is 0 Å². The van der Waals surface area contributed by atoms with Gasteiger partial charge in [-0.2, -0.15) is 0 Å². The van der Waals surface area contributed by atoms with Crippen LogP contribution in [0.15, 0.2) is 24.3 Å². The number of aryl methyl sites for hydroxylation is 1. The van der Waals surface area contributed by atoms with Gasteiger partial charge < -0.3 is 17.3 Å². The van der Waals surface area contributed by atoms with Crippen LogP contribution in [0.25, 0.3) is 0 Å². The van der Waals surface area contributed by atoms with E-state index in [2.05, 4.69) is 24.3 Å². The number of ketones is 1. The number of hydrogen-bond donors (Lipinski definition) is 0. The van der Waals surface area contributed by atoms with Crippen LogP contribution in [0.5, 0.6) is 0 Å². The van der Waals surface area contributed by atoms with Crippen molar-refractivity contribution in [3.8, 4) is 0 Å². The summed E-state index contributed by atoms with van der Waals surface area (Å²) >= 11 is -0.635. The van der Waals surface area contributed by atoms with E-state index in [9.17, 15) is 22.1 Å². The van der Waals surface area contributed by atoms with Gasteiger partial charge in [0.1, 0.15) is 0 Å². The summed E-state index contributed by atoms with van der Waals surface area (Å²) in [6.07, 6.45) is 1.20. The second-order valence-corrected chi connectivity index (χ2v) is 8.96. The molecule has 7 heteroatoms. The molecule has 1 unspecified atom stereocenters. The molecule has 1 aliphatic heterocycles. The summed E-state index contributed by atoms with van der Waals surface area (Å²) < 4.78 is 39.0. The summed E-state index contributed by atoms with van der Waals surface area (Å²) in [7, 11) is -6.00. The van der Waals surface area contributed by atoms with Crippen molar-refractivity contribution < 1.29 is 22.1 Å². The minimum absolute atomic E-state index is 0.384. The molecule has 1 aromatic rings. The number of carbonyl (C=O) groups is 1. The van der Waals surface area contributed by atoms with E-state index in [0.29, 0.717) is 5.78 Å². The van der Waals surface area contributed by atoms with E-state index in [1.165, 1.54) is 28.2 Å². The second-order valence-electron chi connectivity index (χ2n) is 4.32. The van der Waals surface area contributed by atoms with Gasteiger partial charge >= 0.3 is 96.4 Å². The minimum Gasteiger partial charge on any atom is -0.418 e. The van der Waals surface area contributed by atoms with Crippen molar-refractivity contribution in [2.45, 2.75) is 29.3 Å². The van der Waals surface area contributed by atoms with Gasteiger partial charge in [-0.05, 0) is 0 Å². The van der Waals surface area contributed by atoms with E-state index in [4.69, 9.17) is 0 Å². The Morgan fingerprint density at radius 3 is 2.26 bits per heavy atom. The summed E-state index contributed by atoms with van der Waals surface area (Å²) in [6, 6.07) is 8.68. The van der Waals surface area contributed by atoms with E-state index in [1.54, 1.807) is 6.92 Å². The molecule has 1 atom stereocenters. The summed E-state index contributed by atoms with van der Waals surface area (Å²) in [5.41, 5.74) is 3.01. The SMILES string of the molecule is CC(=O)C[Se+]1CCc2ccccc2C1.F[B-](F)(F)F. The predicted molar refractivity (Wildman–Crippen MR) is 70.1 cm³/mol. The van der Waals surface area contributed by atoms with Crippen molar-refractivity contribution in [2.75, 3.05) is 0 Å². The van der Waals surface area contributed by atoms with Gasteiger partial charge in [-0.1, -0.05) is 0 Å². The van der Waals surface area contributed by atoms with Crippen molar-refractivity contribution in [3.63, 3.8) is 0 Å². The van der Waals surface area contributed by atoms with Crippen LogP contribution in [-0.4, -0.2) is 26.9 Å². The number of halogens is 4. The van der Waals surface area contributed by atoms with Crippen molar-refractivity contribution in [3.05, 3.63) is 35.4 Å². The van der Waals surface area contributed by atoms with E-state index in [-0.39, 0.29) is 0 Å². The normalized spacial score (nSPS) is 18.1. The molecule has 1 nitrogen and oxygen atoms in total. The van der Waals surface area contributed by atoms with Crippen LogP contribution in [0.3, 0.4) is 0 Å². The Hall–Kier alpha value is -0.806. The first-order valence-corrected chi connectivity index (χ1v) is 9.47. The topological polar surface area (TPSA) is 17.1 Å². The Morgan fingerprint density at radius 1 is 1.21 bits per heavy atom. The van der Waals surface area contributed by atoms with E-state index >= 15 is 0 Å². The van der Waals surface area contributed by atoms with Gasteiger partial charge in [-0.15, -0.1) is 0 Å². The standard InChI is InChI=1S/C12H15OSe.BF4/c1-10(13)8-14-7-6-11-4-2-3-5-12(11)9-14;2-1(3,4)5/h2-5H,6-9H2,1H3;/q+1;-1. The zero-order valence-corrected chi connectivity index (χ0v) is 12.3. The molecule has 106 valence electrons. The number of benzene rings is 1. The molecule has 0 bridgehead atoms. The van der Waals surface area contributed by atoms with Crippen LogP contribution in [0.1, 0.15) is 18.1 Å². The van der Waals surface area contributed by atoms with Gasteiger partial charge in [0.2, 0.25) is 0 Å². The van der Waals surface area contributed by atoms with Crippen LogP contribution < -0.4 is 0 Å². The smallest absolute Gasteiger partial charge is 0.418 e. The third kappa shape index (κ3) is 7.38. The summed E-state index contributed by atoms with van der Waals surface area (Å²) in [5.74, 6) is 0.384. The molecule has 0 spiro atoms. The quantitative estimate of drug-likeness (QED) is 0.592. The average Bonchev–Trinajstić information content (AvgIpc) is 2.26. The fourth-order valence-electron chi connectivity index (χ4n) is 1.90. The first-order chi connectivity index (χ1) is 8.75. The molecule has 1 aliphatic rings. The van der Waals surface area contributed by atoms with Crippen molar-refractivity contribution >= 4 is 26.9 Å². The Kier molecular flexibility index (Phi) is 6.08. The average molecular weight is 341 g/mol. The Labute approximate surface area is 114 Å². The number of rotatable bonds is 2. The van der Waals surface area contributed by atoms with Crippen LogP contribution in [0.2, 0.25) is 10.6 Å². The van der Waals surface area contributed by atoms with Gasteiger partial charge in [-0.3, -0.25) is 0 Å². The van der Waals surface area contributed by atoms with E-state index in [0.717, 1.165) is 5.32 Å². The van der Waals surface area contributed by atoms with E-state index in [1.807, 2.05) is 0 Å². The van der Waals surface area contributed by atoms with Gasteiger partial charge in [0.25, 0.3) is 0 Å². The monoisotopic (exact) mass is 342 g/mol. The van der Waals surface area contributed by atoms with Crippen molar-refractivity contribution in [1.82, 2.24) is 0 Å². The molecule has 1 heterocycles. The molecule has 2 rings (SSSR count). The number of fused-ring (bicyclic) bond motifs is 1. The van der Waals surface area contributed by atoms with Crippen LogP contribution in [0.4, 0.5) is 17.3 Å². The van der Waals surface area contributed by atoms with E-state index < -0.39 is 21.2 Å². The first-order valence-electron chi connectivity index (χ1n) is 5.83. The van der Waals surface area contributed by atoms with Gasteiger partial charge in [-0.25, -0.2) is 0 Å². The van der Waals surface area contributed by atoms with Crippen LogP contribution in [-0.2, 0) is 16.5 Å². The van der Waals surface area contributed by atoms with Gasteiger partial charge in [0.15, 0.2) is 0 Å². The molecule has 0 saturated heterocycles. The molecule has 0 fully saturated rings. The second kappa shape index (κ2) is 7.10. The molecule has 0 amide bonds. The zero-order valence-electron chi connectivity index (χ0n) is 10.5. The molecule has 0 saturated carbocycles. The largest absolute Gasteiger partial charge is 0.673 e. The van der Waals surface area contributed by atoms with Crippen LogP contribution in [0, 0.1) is 0 Å². The molecular formula is C12H15BF4OSe. The minimum atomic E-state index is -6.00. The fraction of sp³-hybridized carbons (Fsp3) is 0.417. The number of carbonyl (C=O) groups excluding carboxylic acids is 1. The molecule has 1 aromatic carbocycles. The maximum Gasteiger partial charge on any atom is 0.673 e. The van der Waals surface area contributed by atoms with Gasteiger partial charge in [0, 0.05) is 0 Å². The Balaban J connectivity index is 0.000000312. The predicted octanol–water partition coefficient (Wildman–Crippen LogP) is 3.71. The number of hydrogen-bond acceptors (Lipinski definition) is 1. The van der Waals surface area contributed by atoms with Crippen LogP contribution >= 0.6 is 0 Å². The summed E-state index contributed by atoms with van der Waals surface area (Å²) in [4.78, 5) is 11.1. The third-order valence-electron chi connectivity index (χ3n) is 2.55. The Bertz CT molecular complexity index is 430. The molecular weight excluding hydrogens is 326 g/mol. The Morgan fingerprint density at radius 2 is 1.74 bits per heavy atom. The van der Waals surface area contributed by atoms with Crippen molar-refractivity contribution in [1.29, 1.82) is 0 Å². The zero-order chi connectivity index (χ0) is 14.5. The maximum atomic E-state index is 11.1. The molecule has 0 aromatic heterocycles. The first kappa shape index (κ1) is 16.2. The molecule has 0 N–H and O–H groups in total.